The molecule has 3 aromatic rings. The first-order valence-corrected chi connectivity index (χ1v) is 7.89. The standard InChI is InChI=1S/C20H18N2O3/c21-20(25)18(12-19(23)24)22-11-10-17(13-22)16-8-6-15(7-9-16)14-4-2-1-3-5-14/h1-11,13,18H,12H2,(H2,21,25)(H,23,24)/t18-/m1/s1. The SMILES string of the molecule is NC(=O)[C@@H](CC(=O)O)n1ccc(-c2ccc(-c3ccccc3)cc2)c1. The molecule has 1 aromatic heterocycles. The zero-order valence-electron chi connectivity index (χ0n) is 13.5. The fourth-order valence-electron chi connectivity index (χ4n) is 2.78. The topological polar surface area (TPSA) is 85.3 Å². The van der Waals surface area contributed by atoms with Crippen LogP contribution in [0.3, 0.4) is 0 Å². The minimum Gasteiger partial charge on any atom is -0.481 e. The number of benzene rings is 2. The van der Waals surface area contributed by atoms with Gasteiger partial charge in [0, 0.05) is 12.4 Å². The highest BCUT2D eigenvalue weighted by molar-refractivity contribution is 5.83. The van der Waals surface area contributed by atoms with Gasteiger partial charge in [0.1, 0.15) is 6.04 Å². The second-order valence-electron chi connectivity index (χ2n) is 5.81. The molecule has 0 saturated carbocycles. The van der Waals surface area contributed by atoms with Gasteiger partial charge in [0.05, 0.1) is 6.42 Å². The van der Waals surface area contributed by atoms with E-state index >= 15 is 0 Å². The van der Waals surface area contributed by atoms with Crippen molar-refractivity contribution in [3.8, 4) is 22.3 Å². The van der Waals surface area contributed by atoms with Crippen LogP contribution in [0, 0.1) is 0 Å². The Bertz CT molecular complexity index is 883. The minimum absolute atomic E-state index is 0.337. The van der Waals surface area contributed by atoms with Crippen molar-refractivity contribution in [2.75, 3.05) is 0 Å². The molecule has 0 saturated heterocycles. The number of carbonyl (C=O) groups excluding carboxylic acids is 1. The third-order valence-corrected chi connectivity index (χ3v) is 4.10. The van der Waals surface area contributed by atoms with Crippen molar-refractivity contribution in [3.05, 3.63) is 73.1 Å². The molecule has 3 N–H and O–H groups in total. The molecule has 0 unspecified atom stereocenters. The number of hydrogen-bond donors (Lipinski definition) is 2. The van der Waals surface area contributed by atoms with E-state index in [1.54, 1.807) is 17.0 Å². The largest absolute Gasteiger partial charge is 0.481 e. The summed E-state index contributed by atoms with van der Waals surface area (Å²) in [6, 6.07) is 19.1. The highest BCUT2D eigenvalue weighted by Crippen LogP contribution is 2.26. The van der Waals surface area contributed by atoms with Crippen LogP contribution in [0.25, 0.3) is 22.3 Å². The van der Waals surface area contributed by atoms with E-state index in [1.807, 2.05) is 48.5 Å². The average molecular weight is 334 g/mol. The van der Waals surface area contributed by atoms with Crippen LogP contribution in [-0.2, 0) is 9.59 Å². The Labute approximate surface area is 145 Å². The molecule has 5 heteroatoms. The number of carboxylic acid groups (broad SMARTS) is 1. The van der Waals surface area contributed by atoms with Crippen LogP contribution in [0.4, 0.5) is 0 Å². The Hall–Kier alpha value is -3.34. The average Bonchev–Trinajstić information content (AvgIpc) is 3.10. The summed E-state index contributed by atoms with van der Waals surface area (Å²) >= 11 is 0. The quantitative estimate of drug-likeness (QED) is 0.725. The molecule has 0 fully saturated rings. The van der Waals surface area contributed by atoms with E-state index in [0.29, 0.717) is 0 Å². The van der Waals surface area contributed by atoms with Gasteiger partial charge in [-0.15, -0.1) is 0 Å². The van der Waals surface area contributed by atoms with Crippen molar-refractivity contribution in [3.63, 3.8) is 0 Å². The van der Waals surface area contributed by atoms with Crippen molar-refractivity contribution >= 4 is 11.9 Å². The second kappa shape index (κ2) is 7.05. The lowest BCUT2D eigenvalue weighted by atomic mass is 10.0. The van der Waals surface area contributed by atoms with Gasteiger partial charge in [-0.3, -0.25) is 9.59 Å². The van der Waals surface area contributed by atoms with Gasteiger partial charge in [-0.25, -0.2) is 0 Å². The summed E-state index contributed by atoms with van der Waals surface area (Å²) in [5, 5.41) is 8.94. The third-order valence-electron chi connectivity index (χ3n) is 4.10. The van der Waals surface area contributed by atoms with E-state index < -0.39 is 17.9 Å². The summed E-state index contributed by atoms with van der Waals surface area (Å²) in [6.45, 7) is 0. The molecular weight excluding hydrogens is 316 g/mol. The van der Waals surface area contributed by atoms with Crippen molar-refractivity contribution in [2.45, 2.75) is 12.5 Å². The van der Waals surface area contributed by atoms with Crippen molar-refractivity contribution < 1.29 is 14.7 Å². The minimum atomic E-state index is -1.06. The summed E-state index contributed by atoms with van der Waals surface area (Å²) in [7, 11) is 0. The summed E-state index contributed by atoms with van der Waals surface area (Å²) in [5.74, 6) is -1.73. The lowest BCUT2D eigenvalue weighted by Gasteiger charge is -2.12. The van der Waals surface area contributed by atoms with Gasteiger partial charge in [-0.2, -0.15) is 0 Å². The molecule has 1 heterocycles. The lowest BCUT2D eigenvalue weighted by molar-refractivity contribution is -0.140. The molecule has 3 rings (SSSR count). The third kappa shape index (κ3) is 3.77. The van der Waals surface area contributed by atoms with Gasteiger partial charge >= 0.3 is 5.97 Å². The number of nitrogens with zero attached hydrogens (tertiary/aromatic N) is 1. The van der Waals surface area contributed by atoms with E-state index in [1.165, 1.54) is 0 Å². The molecule has 0 aliphatic heterocycles. The fourth-order valence-corrected chi connectivity index (χ4v) is 2.78. The zero-order valence-corrected chi connectivity index (χ0v) is 13.5. The van der Waals surface area contributed by atoms with E-state index in [-0.39, 0.29) is 6.42 Å². The molecule has 0 aliphatic rings. The highest BCUT2D eigenvalue weighted by atomic mass is 16.4. The number of amides is 1. The van der Waals surface area contributed by atoms with Gasteiger partial charge in [-0.05, 0) is 28.3 Å². The van der Waals surface area contributed by atoms with Crippen LogP contribution in [0.2, 0.25) is 0 Å². The van der Waals surface area contributed by atoms with Crippen molar-refractivity contribution in [2.24, 2.45) is 5.73 Å². The number of aliphatic carboxylic acids is 1. The maximum Gasteiger partial charge on any atom is 0.306 e. The van der Waals surface area contributed by atoms with Crippen molar-refractivity contribution in [1.29, 1.82) is 0 Å². The maximum atomic E-state index is 11.5. The smallest absolute Gasteiger partial charge is 0.306 e. The van der Waals surface area contributed by atoms with E-state index in [2.05, 4.69) is 12.1 Å². The number of aromatic nitrogens is 1. The Morgan fingerprint density at radius 2 is 1.44 bits per heavy atom. The predicted octanol–water partition coefficient (Wildman–Crippen LogP) is 3.32. The van der Waals surface area contributed by atoms with Gasteiger partial charge < -0.3 is 15.4 Å². The molecule has 2 aromatic carbocycles. The molecule has 5 nitrogen and oxygen atoms in total. The Morgan fingerprint density at radius 1 is 0.880 bits per heavy atom. The van der Waals surface area contributed by atoms with E-state index in [9.17, 15) is 9.59 Å². The Kier molecular flexibility index (Phi) is 4.66. The van der Waals surface area contributed by atoms with Crippen LogP contribution in [0.15, 0.2) is 73.1 Å². The number of carbonyl (C=O) groups is 2. The molecule has 0 spiro atoms. The van der Waals surface area contributed by atoms with Crippen molar-refractivity contribution in [1.82, 2.24) is 4.57 Å². The zero-order chi connectivity index (χ0) is 17.8. The number of primary amides is 1. The van der Waals surface area contributed by atoms with Gasteiger partial charge in [0.2, 0.25) is 5.91 Å². The molecule has 0 aliphatic carbocycles. The lowest BCUT2D eigenvalue weighted by Crippen LogP contribution is -2.27. The number of hydrogen-bond acceptors (Lipinski definition) is 2. The van der Waals surface area contributed by atoms with Crippen LogP contribution in [-0.4, -0.2) is 21.6 Å². The first kappa shape index (κ1) is 16.5. The Morgan fingerprint density at radius 3 is 2.00 bits per heavy atom. The van der Waals surface area contributed by atoms with Gasteiger partial charge in [-0.1, -0.05) is 54.6 Å². The summed E-state index contributed by atoms with van der Waals surface area (Å²) in [6.07, 6.45) is 3.09. The second-order valence-corrected chi connectivity index (χ2v) is 5.81. The maximum absolute atomic E-state index is 11.5. The van der Waals surface area contributed by atoms with Crippen LogP contribution < -0.4 is 5.73 Å². The summed E-state index contributed by atoms with van der Waals surface area (Å²) in [5.41, 5.74) is 9.46. The number of carboxylic acids is 1. The van der Waals surface area contributed by atoms with E-state index in [0.717, 1.165) is 22.3 Å². The predicted molar refractivity (Wildman–Crippen MR) is 95.8 cm³/mol. The molecule has 126 valence electrons. The summed E-state index contributed by atoms with van der Waals surface area (Å²) in [4.78, 5) is 22.4. The molecular formula is C20H18N2O3. The first-order chi connectivity index (χ1) is 12.0. The van der Waals surface area contributed by atoms with Gasteiger partial charge in [0.25, 0.3) is 0 Å². The molecule has 1 amide bonds. The molecule has 1 atom stereocenters. The fraction of sp³-hybridized carbons (Fsp3) is 0.100. The molecule has 0 radical (unpaired) electrons. The Balaban J connectivity index is 1.84. The highest BCUT2D eigenvalue weighted by Gasteiger charge is 2.20. The van der Waals surface area contributed by atoms with Gasteiger partial charge in [0.15, 0.2) is 0 Å². The van der Waals surface area contributed by atoms with Crippen LogP contribution in [0.5, 0.6) is 0 Å². The monoisotopic (exact) mass is 334 g/mol. The first-order valence-electron chi connectivity index (χ1n) is 7.89. The summed E-state index contributed by atoms with van der Waals surface area (Å²) < 4.78 is 1.55. The van der Waals surface area contributed by atoms with Crippen LogP contribution in [0.1, 0.15) is 12.5 Å². The normalized spacial score (nSPS) is 11.8. The van der Waals surface area contributed by atoms with E-state index in [4.69, 9.17) is 10.8 Å². The molecule has 25 heavy (non-hydrogen) atoms. The molecule has 0 bridgehead atoms. The van der Waals surface area contributed by atoms with Crippen LogP contribution >= 0.6 is 0 Å². The number of nitrogens with two attached hydrogens (primary N) is 1. The number of rotatable bonds is 6.